The molecule has 4 rings (SSSR count). The van der Waals surface area contributed by atoms with E-state index in [1.54, 1.807) is 13.8 Å². The molecule has 1 aromatic rings. The number of hydrogen-bond acceptors (Lipinski definition) is 7. The summed E-state index contributed by atoms with van der Waals surface area (Å²) < 4.78 is 4.82. The van der Waals surface area contributed by atoms with Crippen molar-refractivity contribution in [2.75, 3.05) is 0 Å². The second kappa shape index (κ2) is 10.4. The number of nitrogens with zero attached hydrogens (tertiary/aromatic N) is 1. The van der Waals surface area contributed by atoms with Crippen molar-refractivity contribution in [2.45, 2.75) is 80.3 Å². The van der Waals surface area contributed by atoms with Crippen LogP contribution >= 0.6 is 11.8 Å². The number of carboxylic acids is 1. The number of carboxylic acid groups (broad SMARTS) is 1. The molecule has 2 fully saturated rings. The molecular formula is C25H31N3O7S. The highest BCUT2D eigenvalue weighted by Gasteiger charge is 2.64. The quantitative estimate of drug-likeness (QED) is 0.333. The predicted octanol–water partition coefficient (Wildman–Crippen LogP) is 2.68. The van der Waals surface area contributed by atoms with Gasteiger partial charge in [0.05, 0.1) is 0 Å². The first-order valence-corrected chi connectivity index (χ1v) is 12.9. The number of phenols is 1. The molecule has 3 amide bonds. The molecule has 0 spiro atoms. The van der Waals surface area contributed by atoms with Crippen molar-refractivity contribution in [3.8, 4) is 5.75 Å². The minimum absolute atomic E-state index is 0.00532. The van der Waals surface area contributed by atoms with Crippen LogP contribution in [0.5, 0.6) is 5.75 Å². The minimum Gasteiger partial charge on any atom is -0.508 e. The summed E-state index contributed by atoms with van der Waals surface area (Å²) in [7, 11) is 0. The molecule has 2 heterocycles. The number of ether oxygens (including phenoxy) is 1. The van der Waals surface area contributed by atoms with Crippen molar-refractivity contribution in [3.05, 3.63) is 42.0 Å². The summed E-state index contributed by atoms with van der Waals surface area (Å²) >= 11 is 1.32. The fraction of sp³-hybridized carbons (Fsp3) is 0.520. The van der Waals surface area contributed by atoms with Crippen molar-refractivity contribution in [1.82, 2.24) is 15.5 Å². The SMILES string of the molecule is CC1(C)S[C@@H]2[C@H](NC(=O)[C@H](NC(=O)OC3/C=C/CCCCC3)c3ccc(O)cc3)C(=O)N2[C@H]1C(=O)O. The number of carbonyl (C=O) groups is 4. The van der Waals surface area contributed by atoms with E-state index in [0.29, 0.717) is 12.0 Å². The lowest BCUT2D eigenvalue weighted by Gasteiger charge is -2.44. The first kappa shape index (κ1) is 25.9. The fourth-order valence-electron chi connectivity index (χ4n) is 4.87. The van der Waals surface area contributed by atoms with Crippen LogP contribution in [0, 0.1) is 0 Å². The van der Waals surface area contributed by atoms with E-state index < -0.39 is 58.2 Å². The maximum absolute atomic E-state index is 13.3. The molecule has 4 N–H and O–H groups in total. The molecule has 2 aliphatic heterocycles. The predicted molar refractivity (Wildman–Crippen MR) is 132 cm³/mol. The Morgan fingerprint density at radius 3 is 2.58 bits per heavy atom. The number of phenolic OH excluding ortho intramolecular Hbond substituents is 1. The topological polar surface area (TPSA) is 145 Å². The summed E-state index contributed by atoms with van der Waals surface area (Å²) in [4.78, 5) is 51.9. The zero-order valence-electron chi connectivity index (χ0n) is 20.2. The maximum Gasteiger partial charge on any atom is 0.408 e. The number of thioether (sulfide) groups is 1. The Kier molecular flexibility index (Phi) is 7.49. The standard InChI is InChI=1S/C25H31N3O7S/c1-25(2)19(23(32)33)28-21(31)18(22(28)36-25)26-20(30)17(14-10-12-15(29)13-11-14)27-24(34)35-16-8-6-4-3-5-7-9-16/h6,8,10-13,16-19,22,29H,3-5,7,9H2,1-2H3,(H,26,30)(H,27,34)(H,32,33)/b8-6+/t16?,17-,18-,19+,22-/m1/s1. The average molecular weight is 518 g/mol. The number of aliphatic carboxylic acids is 1. The summed E-state index contributed by atoms with van der Waals surface area (Å²) in [5, 5.41) is 24.0. The van der Waals surface area contributed by atoms with E-state index in [9.17, 15) is 29.4 Å². The number of benzene rings is 1. The number of carbonyl (C=O) groups excluding carboxylic acids is 3. The third kappa shape index (κ3) is 5.30. The molecule has 36 heavy (non-hydrogen) atoms. The molecular weight excluding hydrogens is 486 g/mol. The van der Waals surface area contributed by atoms with Gasteiger partial charge in [-0.2, -0.15) is 0 Å². The highest BCUT2D eigenvalue weighted by atomic mass is 32.2. The lowest BCUT2D eigenvalue weighted by molar-refractivity contribution is -0.161. The fourth-order valence-corrected chi connectivity index (χ4v) is 6.49. The van der Waals surface area contributed by atoms with E-state index in [-0.39, 0.29) is 5.75 Å². The molecule has 5 atom stereocenters. The number of rotatable bonds is 6. The number of fused-ring (bicyclic) bond motifs is 1. The number of hydrogen-bond donors (Lipinski definition) is 4. The van der Waals surface area contributed by atoms with Crippen LogP contribution in [0.25, 0.3) is 0 Å². The molecule has 10 nitrogen and oxygen atoms in total. The summed E-state index contributed by atoms with van der Waals surface area (Å²) in [6.07, 6.45) is 7.35. The first-order chi connectivity index (χ1) is 17.1. The van der Waals surface area contributed by atoms with E-state index >= 15 is 0 Å². The summed E-state index contributed by atoms with van der Waals surface area (Å²) in [6.45, 7) is 3.50. The second-order valence-electron chi connectivity index (χ2n) is 9.76. The summed E-state index contributed by atoms with van der Waals surface area (Å²) in [5.41, 5.74) is 0.391. The molecule has 0 radical (unpaired) electrons. The Labute approximate surface area is 213 Å². The largest absolute Gasteiger partial charge is 0.508 e. The Morgan fingerprint density at radius 1 is 1.17 bits per heavy atom. The van der Waals surface area contributed by atoms with Crippen LogP contribution in [-0.4, -0.2) is 67.3 Å². The Bertz CT molecular complexity index is 1060. The van der Waals surface area contributed by atoms with Crippen LogP contribution in [0.3, 0.4) is 0 Å². The minimum atomic E-state index is -1.19. The number of amides is 3. The van der Waals surface area contributed by atoms with Gasteiger partial charge >= 0.3 is 12.1 Å². The summed E-state index contributed by atoms with van der Waals surface area (Å²) in [5.74, 6) is -2.22. The summed E-state index contributed by atoms with van der Waals surface area (Å²) in [6, 6.07) is 2.68. The molecule has 194 valence electrons. The Balaban J connectivity index is 1.47. The number of aromatic hydroxyl groups is 1. The van der Waals surface area contributed by atoms with Gasteiger partial charge in [0.25, 0.3) is 0 Å². The molecule has 0 saturated carbocycles. The molecule has 1 aliphatic carbocycles. The number of alkyl carbamates (subject to hydrolysis) is 1. The molecule has 0 aromatic heterocycles. The number of β-lactam (4-membered cyclic amide) rings is 1. The van der Waals surface area contributed by atoms with Gasteiger partial charge in [0, 0.05) is 4.75 Å². The van der Waals surface area contributed by atoms with Crippen molar-refractivity contribution in [1.29, 1.82) is 0 Å². The van der Waals surface area contributed by atoms with E-state index in [1.807, 2.05) is 12.2 Å². The Morgan fingerprint density at radius 2 is 1.89 bits per heavy atom. The van der Waals surface area contributed by atoms with Crippen LogP contribution in [-0.2, 0) is 19.1 Å². The number of nitrogens with one attached hydrogen (secondary N) is 2. The lowest BCUT2D eigenvalue weighted by Crippen LogP contribution is -2.71. The van der Waals surface area contributed by atoms with Gasteiger partial charge in [-0.1, -0.05) is 24.6 Å². The maximum atomic E-state index is 13.3. The van der Waals surface area contributed by atoms with Crippen molar-refractivity contribution >= 4 is 35.6 Å². The van der Waals surface area contributed by atoms with Crippen LogP contribution in [0.1, 0.15) is 57.6 Å². The normalized spacial score (nSPS) is 28.5. The van der Waals surface area contributed by atoms with Gasteiger partial charge in [-0.05, 0) is 63.3 Å². The van der Waals surface area contributed by atoms with Gasteiger partial charge in [0.15, 0.2) is 0 Å². The van der Waals surface area contributed by atoms with E-state index in [2.05, 4.69) is 10.6 Å². The number of allylic oxidation sites excluding steroid dienone is 1. The molecule has 1 unspecified atom stereocenters. The smallest absolute Gasteiger partial charge is 0.408 e. The third-order valence-corrected chi connectivity index (χ3v) is 8.26. The van der Waals surface area contributed by atoms with Gasteiger partial charge in [-0.15, -0.1) is 11.8 Å². The van der Waals surface area contributed by atoms with Gasteiger partial charge in [-0.25, -0.2) is 9.59 Å². The van der Waals surface area contributed by atoms with Crippen molar-refractivity contribution < 1.29 is 34.1 Å². The van der Waals surface area contributed by atoms with Crippen LogP contribution in [0.15, 0.2) is 36.4 Å². The van der Waals surface area contributed by atoms with E-state index in [1.165, 1.54) is 40.9 Å². The van der Waals surface area contributed by atoms with Crippen LogP contribution < -0.4 is 10.6 Å². The van der Waals surface area contributed by atoms with Gasteiger partial charge < -0.3 is 30.5 Å². The molecule has 2 saturated heterocycles. The molecule has 1 aromatic carbocycles. The van der Waals surface area contributed by atoms with Crippen LogP contribution in [0.2, 0.25) is 0 Å². The van der Waals surface area contributed by atoms with E-state index in [0.717, 1.165) is 25.7 Å². The van der Waals surface area contributed by atoms with Gasteiger partial charge in [0.2, 0.25) is 11.8 Å². The third-order valence-electron chi connectivity index (χ3n) is 6.69. The zero-order chi connectivity index (χ0) is 26.0. The molecule has 0 bridgehead atoms. The van der Waals surface area contributed by atoms with E-state index in [4.69, 9.17) is 4.74 Å². The highest BCUT2D eigenvalue weighted by molar-refractivity contribution is 8.01. The Hall–Kier alpha value is -3.21. The monoisotopic (exact) mass is 517 g/mol. The highest BCUT2D eigenvalue weighted by Crippen LogP contribution is 2.50. The van der Waals surface area contributed by atoms with Crippen molar-refractivity contribution in [3.63, 3.8) is 0 Å². The average Bonchev–Trinajstić information content (AvgIpc) is 3.06. The van der Waals surface area contributed by atoms with Crippen molar-refractivity contribution in [2.24, 2.45) is 0 Å². The molecule has 11 heteroatoms. The molecule has 3 aliphatic rings. The van der Waals surface area contributed by atoms with Gasteiger partial charge in [-0.3, -0.25) is 9.59 Å². The first-order valence-electron chi connectivity index (χ1n) is 12.0. The van der Waals surface area contributed by atoms with Gasteiger partial charge in [0.1, 0.15) is 35.4 Å². The second-order valence-corrected chi connectivity index (χ2v) is 11.5. The van der Waals surface area contributed by atoms with Crippen LogP contribution in [0.4, 0.5) is 4.79 Å². The zero-order valence-corrected chi connectivity index (χ0v) is 21.0. The lowest BCUT2D eigenvalue weighted by atomic mass is 9.95.